The third-order valence-electron chi connectivity index (χ3n) is 3.31. The molecule has 0 aliphatic carbocycles. The molecule has 0 aliphatic heterocycles. The van der Waals surface area contributed by atoms with Crippen molar-refractivity contribution in [1.82, 2.24) is 9.97 Å². The smallest absolute Gasteiger partial charge is 0.116 e. The molecule has 104 valence electrons. The van der Waals surface area contributed by atoms with Gasteiger partial charge in [0.1, 0.15) is 24.8 Å². The van der Waals surface area contributed by atoms with Crippen LogP contribution in [0, 0.1) is 0 Å². The van der Waals surface area contributed by atoms with Crippen molar-refractivity contribution in [3.8, 4) is 21.1 Å². The summed E-state index contributed by atoms with van der Waals surface area (Å²) in [5, 5.41) is 4.09. The number of halogens is 1. The van der Waals surface area contributed by atoms with E-state index in [0.717, 1.165) is 36.6 Å². The van der Waals surface area contributed by atoms with Crippen LogP contribution >= 0.6 is 38.6 Å². The van der Waals surface area contributed by atoms with Crippen molar-refractivity contribution >= 4 is 62.9 Å². The Hall–Kier alpha value is -1.50. The third kappa shape index (κ3) is 2.31. The molecule has 3 heterocycles. The molecule has 3 aromatic heterocycles. The molecule has 0 spiro atoms. The number of nitrogens with zero attached hydrogens (tertiary/aromatic N) is 2. The van der Waals surface area contributed by atoms with Gasteiger partial charge in [-0.25, -0.2) is 9.97 Å². The molecular formula is C16H8BBrN2S2. The highest BCUT2D eigenvalue weighted by Gasteiger charge is 2.16. The zero-order valence-corrected chi connectivity index (χ0v) is 14.5. The zero-order valence-electron chi connectivity index (χ0n) is 11.3. The Morgan fingerprint density at radius 2 is 1.41 bits per heavy atom. The third-order valence-corrected chi connectivity index (χ3v) is 5.71. The largest absolute Gasteiger partial charge is 0.244 e. The highest BCUT2D eigenvalue weighted by molar-refractivity contribution is 9.10. The highest BCUT2D eigenvalue weighted by Crippen LogP contribution is 2.36. The van der Waals surface area contributed by atoms with E-state index in [4.69, 9.17) is 17.8 Å². The van der Waals surface area contributed by atoms with Crippen LogP contribution in [0.1, 0.15) is 0 Å². The molecule has 22 heavy (non-hydrogen) atoms. The normalized spacial score (nSPS) is 11.1. The van der Waals surface area contributed by atoms with Gasteiger partial charge < -0.3 is 0 Å². The number of rotatable bonds is 2. The molecule has 0 amide bonds. The summed E-state index contributed by atoms with van der Waals surface area (Å²) in [5.74, 6) is 0. The average Bonchev–Trinajstić information content (AvgIpc) is 3.22. The number of fused-ring (bicyclic) bond motifs is 1. The Bertz CT molecular complexity index is 871. The first-order valence-electron chi connectivity index (χ1n) is 6.57. The number of benzene rings is 1. The van der Waals surface area contributed by atoms with Gasteiger partial charge in [0, 0.05) is 4.47 Å². The fourth-order valence-electron chi connectivity index (χ4n) is 2.29. The van der Waals surface area contributed by atoms with E-state index in [-0.39, 0.29) is 0 Å². The maximum atomic E-state index is 6.10. The fraction of sp³-hybridized carbons (Fsp3) is 0. The van der Waals surface area contributed by atoms with Gasteiger partial charge in [-0.05, 0) is 44.9 Å². The van der Waals surface area contributed by atoms with E-state index >= 15 is 0 Å². The summed E-state index contributed by atoms with van der Waals surface area (Å²) in [6, 6.07) is 11.9. The molecule has 2 nitrogen and oxygen atoms in total. The van der Waals surface area contributed by atoms with Gasteiger partial charge in [-0.15, -0.1) is 22.7 Å². The number of aromatic nitrogens is 2. The fourth-order valence-corrected chi connectivity index (χ4v) is 4.13. The molecule has 0 atom stereocenters. The minimum atomic E-state index is 0.640. The van der Waals surface area contributed by atoms with Gasteiger partial charge in [0.2, 0.25) is 0 Å². The van der Waals surface area contributed by atoms with Crippen LogP contribution in [0.3, 0.4) is 0 Å². The predicted octanol–water partition coefficient (Wildman–Crippen LogP) is 4.64. The molecule has 4 rings (SSSR count). The monoisotopic (exact) mass is 382 g/mol. The van der Waals surface area contributed by atoms with E-state index < -0.39 is 0 Å². The van der Waals surface area contributed by atoms with Crippen molar-refractivity contribution in [3.63, 3.8) is 0 Å². The van der Waals surface area contributed by atoms with E-state index in [2.05, 4.69) is 28.1 Å². The molecule has 0 fully saturated rings. The summed E-state index contributed by atoms with van der Waals surface area (Å²) in [5.41, 5.74) is 3.95. The van der Waals surface area contributed by atoms with Crippen LogP contribution in [-0.4, -0.2) is 17.8 Å². The van der Waals surface area contributed by atoms with E-state index in [0.29, 0.717) is 5.46 Å². The minimum absolute atomic E-state index is 0.640. The van der Waals surface area contributed by atoms with Gasteiger partial charge in [-0.1, -0.05) is 23.7 Å². The average molecular weight is 383 g/mol. The van der Waals surface area contributed by atoms with E-state index in [1.54, 1.807) is 22.7 Å². The summed E-state index contributed by atoms with van der Waals surface area (Å²) >= 11 is 6.87. The van der Waals surface area contributed by atoms with Crippen molar-refractivity contribution in [2.75, 3.05) is 0 Å². The second-order valence-electron chi connectivity index (χ2n) is 4.71. The Morgan fingerprint density at radius 1 is 0.818 bits per heavy atom. The van der Waals surface area contributed by atoms with Crippen LogP contribution in [0.4, 0.5) is 0 Å². The van der Waals surface area contributed by atoms with E-state index in [1.165, 1.54) is 0 Å². The summed E-state index contributed by atoms with van der Waals surface area (Å²) in [4.78, 5) is 11.9. The SMILES string of the molecule is [B]c1ccc(Br)c2nc(-c3cccs3)c(-c3cccs3)nc12. The lowest BCUT2D eigenvalue weighted by atomic mass is 9.94. The first-order valence-corrected chi connectivity index (χ1v) is 9.13. The van der Waals surface area contributed by atoms with Crippen LogP contribution in [0.25, 0.3) is 32.2 Å². The van der Waals surface area contributed by atoms with Crippen LogP contribution < -0.4 is 5.46 Å². The Kier molecular flexibility index (Phi) is 3.60. The molecule has 2 radical (unpaired) electrons. The number of thiophene rings is 2. The van der Waals surface area contributed by atoms with E-state index in [1.807, 2.05) is 35.0 Å². The lowest BCUT2D eigenvalue weighted by Crippen LogP contribution is -2.08. The first kappa shape index (κ1) is 14.1. The summed E-state index contributed by atoms with van der Waals surface area (Å²) in [6.07, 6.45) is 0. The summed E-state index contributed by atoms with van der Waals surface area (Å²) in [6.45, 7) is 0. The molecule has 1 aromatic carbocycles. The van der Waals surface area contributed by atoms with Gasteiger partial charge in [-0.2, -0.15) is 0 Å². The van der Waals surface area contributed by atoms with Crippen molar-refractivity contribution in [2.45, 2.75) is 0 Å². The summed E-state index contributed by atoms with van der Waals surface area (Å²) < 4.78 is 0.903. The van der Waals surface area contributed by atoms with Gasteiger partial charge in [0.15, 0.2) is 0 Å². The number of hydrogen-bond acceptors (Lipinski definition) is 4. The van der Waals surface area contributed by atoms with Crippen LogP contribution in [0.5, 0.6) is 0 Å². The van der Waals surface area contributed by atoms with Crippen LogP contribution in [0.2, 0.25) is 0 Å². The van der Waals surface area contributed by atoms with Crippen LogP contribution in [-0.2, 0) is 0 Å². The quantitative estimate of drug-likeness (QED) is 0.472. The molecule has 0 N–H and O–H groups in total. The second kappa shape index (κ2) is 5.61. The molecule has 0 aliphatic rings. The maximum absolute atomic E-state index is 6.10. The molecule has 4 aromatic rings. The Morgan fingerprint density at radius 3 is 1.95 bits per heavy atom. The molecule has 0 unspecified atom stereocenters. The lowest BCUT2D eigenvalue weighted by molar-refractivity contribution is 1.31. The van der Waals surface area contributed by atoms with Crippen molar-refractivity contribution < 1.29 is 0 Å². The topological polar surface area (TPSA) is 25.8 Å². The molecule has 0 saturated carbocycles. The van der Waals surface area contributed by atoms with Gasteiger partial charge in [0.25, 0.3) is 0 Å². The van der Waals surface area contributed by atoms with Crippen molar-refractivity contribution in [3.05, 3.63) is 51.6 Å². The zero-order chi connectivity index (χ0) is 15.1. The van der Waals surface area contributed by atoms with Gasteiger partial charge >= 0.3 is 0 Å². The highest BCUT2D eigenvalue weighted by atomic mass is 79.9. The molecule has 0 bridgehead atoms. The maximum Gasteiger partial charge on any atom is 0.116 e. The van der Waals surface area contributed by atoms with Crippen molar-refractivity contribution in [1.29, 1.82) is 0 Å². The van der Waals surface area contributed by atoms with Gasteiger partial charge in [0.05, 0.1) is 15.3 Å². The Labute approximate surface area is 145 Å². The van der Waals surface area contributed by atoms with Crippen molar-refractivity contribution in [2.24, 2.45) is 0 Å². The Balaban J connectivity index is 2.11. The van der Waals surface area contributed by atoms with Gasteiger partial charge in [-0.3, -0.25) is 0 Å². The summed E-state index contributed by atoms with van der Waals surface area (Å²) in [7, 11) is 6.10. The standard InChI is InChI=1S/C16H8BBrN2S2/c17-9-5-6-10(18)14-13(9)19-15(11-3-1-7-21-11)16(20-14)12-4-2-8-22-12/h1-8H. The molecule has 6 heteroatoms. The molecule has 0 saturated heterocycles. The second-order valence-corrected chi connectivity index (χ2v) is 7.46. The minimum Gasteiger partial charge on any atom is -0.244 e. The molecular weight excluding hydrogens is 375 g/mol. The van der Waals surface area contributed by atoms with E-state index in [9.17, 15) is 0 Å². The lowest BCUT2D eigenvalue weighted by Gasteiger charge is -2.10. The first-order chi connectivity index (χ1) is 10.7. The van der Waals surface area contributed by atoms with Crippen LogP contribution in [0.15, 0.2) is 51.6 Å². The predicted molar refractivity (Wildman–Crippen MR) is 99.3 cm³/mol. The number of hydrogen-bond donors (Lipinski definition) is 0.